The van der Waals surface area contributed by atoms with Crippen molar-refractivity contribution in [2.45, 2.75) is 131 Å². The topological polar surface area (TPSA) is 157 Å². The van der Waals surface area contributed by atoms with Crippen molar-refractivity contribution in [3.8, 4) is 0 Å². The van der Waals surface area contributed by atoms with E-state index in [0.29, 0.717) is 18.8 Å². The van der Waals surface area contributed by atoms with Gasteiger partial charge < -0.3 is 30.0 Å². The van der Waals surface area contributed by atoms with E-state index < -0.39 is 47.8 Å². The predicted molar refractivity (Wildman–Crippen MR) is 174 cm³/mol. The molecule has 4 saturated carbocycles. The SMILES string of the molecule is COC(=O)CC[C@@H](C)C1CCC2C3C([C@H](NC(=O)C(CO)NC(=O)OC(C)(C)C)C(=O)[C@@]21C)[C@@]1(C)CC[C@@H](C)C[C@H]1C[C@H]3OC(C)=O. The van der Waals surface area contributed by atoms with Crippen molar-refractivity contribution in [3.05, 3.63) is 0 Å². The Labute approximate surface area is 280 Å². The molecule has 4 aliphatic rings. The number of carbonyl (C=O) groups is 5. The minimum absolute atomic E-state index is 0.0228. The van der Waals surface area contributed by atoms with Crippen LogP contribution in [0, 0.1) is 52.3 Å². The van der Waals surface area contributed by atoms with Crippen LogP contribution in [0.1, 0.15) is 107 Å². The van der Waals surface area contributed by atoms with Crippen LogP contribution in [0.4, 0.5) is 4.79 Å². The number of carbonyl (C=O) groups excluding carboxylic acids is 5. The molecule has 0 heterocycles. The number of nitrogens with one attached hydrogen (secondary N) is 2. The van der Waals surface area contributed by atoms with Crippen LogP contribution < -0.4 is 10.6 Å². The molecule has 47 heavy (non-hydrogen) atoms. The maximum absolute atomic E-state index is 15.2. The van der Waals surface area contributed by atoms with Crippen molar-refractivity contribution in [2.75, 3.05) is 13.7 Å². The van der Waals surface area contributed by atoms with Crippen LogP contribution in [0.25, 0.3) is 0 Å². The molecule has 12 atom stereocenters. The molecule has 11 heteroatoms. The largest absolute Gasteiger partial charge is 0.469 e. The minimum Gasteiger partial charge on any atom is -0.469 e. The van der Waals surface area contributed by atoms with E-state index in [0.717, 1.165) is 32.1 Å². The number of amides is 2. The van der Waals surface area contributed by atoms with Gasteiger partial charge in [0.05, 0.1) is 19.8 Å². The highest BCUT2D eigenvalue weighted by Gasteiger charge is 2.70. The molecule has 3 N–H and O–H groups in total. The van der Waals surface area contributed by atoms with Crippen molar-refractivity contribution >= 4 is 29.7 Å². The minimum atomic E-state index is -1.33. The summed E-state index contributed by atoms with van der Waals surface area (Å²) in [5.74, 6) is -1.28. The molecule has 0 aromatic heterocycles. The Bertz CT molecular complexity index is 1220. The van der Waals surface area contributed by atoms with Gasteiger partial charge in [-0.05, 0) is 100 Å². The Morgan fingerprint density at radius 1 is 1.09 bits per heavy atom. The van der Waals surface area contributed by atoms with Crippen LogP contribution in [0.5, 0.6) is 0 Å². The van der Waals surface area contributed by atoms with Gasteiger partial charge in [0.25, 0.3) is 0 Å². The molecule has 4 aliphatic carbocycles. The highest BCUT2D eigenvalue weighted by molar-refractivity contribution is 5.96. The number of alkyl carbamates (subject to hydrolysis) is 1. The molecule has 266 valence electrons. The predicted octanol–water partition coefficient (Wildman–Crippen LogP) is 4.57. The third kappa shape index (κ3) is 7.35. The van der Waals surface area contributed by atoms with Gasteiger partial charge in [-0.15, -0.1) is 0 Å². The van der Waals surface area contributed by atoms with Crippen molar-refractivity contribution in [2.24, 2.45) is 52.3 Å². The van der Waals surface area contributed by atoms with Crippen molar-refractivity contribution in [3.63, 3.8) is 0 Å². The number of fused-ring (bicyclic) bond motifs is 5. The van der Waals surface area contributed by atoms with E-state index in [1.54, 1.807) is 20.8 Å². The second kappa shape index (κ2) is 14.0. The highest BCUT2D eigenvalue weighted by Crippen LogP contribution is 2.68. The first kappa shape index (κ1) is 37.1. The Morgan fingerprint density at radius 3 is 2.36 bits per heavy atom. The lowest BCUT2D eigenvalue weighted by molar-refractivity contribution is -0.199. The van der Waals surface area contributed by atoms with E-state index >= 15 is 4.79 Å². The summed E-state index contributed by atoms with van der Waals surface area (Å²) in [5, 5.41) is 15.7. The summed E-state index contributed by atoms with van der Waals surface area (Å²) in [5.41, 5.74) is -1.97. The first-order valence-electron chi connectivity index (χ1n) is 17.6. The molecular formula is C36H58N2O9. The summed E-state index contributed by atoms with van der Waals surface area (Å²) in [7, 11) is 1.37. The second-order valence-corrected chi connectivity index (χ2v) is 16.5. The number of aliphatic hydroxyl groups is 1. The van der Waals surface area contributed by atoms with Gasteiger partial charge in [0, 0.05) is 24.7 Å². The van der Waals surface area contributed by atoms with E-state index in [1.807, 2.05) is 6.92 Å². The third-order valence-corrected chi connectivity index (χ3v) is 12.4. The number of Topliss-reactive ketones (excluding diaryl/α,β-unsaturated/α-hetero) is 1. The number of hydrogen-bond donors (Lipinski definition) is 3. The van der Waals surface area contributed by atoms with Crippen LogP contribution in [0.15, 0.2) is 0 Å². The molecule has 0 bridgehead atoms. The Kier molecular flexibility index (Phi) is 11.1. The number of ether oxygens (including phenoxy) is 3. The molecule has 0 saturated heterocycles. The molecule has 0 radical (unpaired) electrons. The van der Waals surface area contributed by atoms with Crippen LogP contribution in [0.3, 0.4) is 0 Å². The molecule has 0 aromatic rings. The van der Waals surface area contributed by atoms with Crippen LogP contribution >= 0.6 is 0 Å². The summed E-state index contributed by atoms with van der Waals surface area (Å²) in [6, 6.07) is -2.25. The number of hydrogen-bond acceptors (Lipinski definition) is 9. The van der Waals surface area contributed by atoms with Gasteiger partial charge in [0.1, 0.15) is 17.7 Å². The van der Waals surface area contributed by atoms with E-state index in [-0.39, 0.29) is 65.1 Å². The Hall–Kier alpha value is -2.69. The number of esters is 2. The Morgan fingerprint density at radius 2 is 1.77 bits per heavy atom. The summed E-state index contributed by atoms with van der Waals surface area (Å²) in [4.78, 5) is 66.4. The zero-order chi connectivity index (χ0) is 35.1. The fourth-order valence-electron chi connectivity index (χ4n) is 10.3. The number of aliphatic hydroxyl groups excluding tert-OH is 1. The lowest BCUT2D eigenvalue weighted by Gasteiger charge is -2.64. The summed E-state index contributed by atoms with van der Waals surface area (Å²) >= 11 is 0. The zero-order valence-corrected chi connectivity index (χ0v) is 29.9. The zero-order valence-electron chi connectivity index (χ0n) is 29.9. The fraction of sp³-hybridized carbons (Fsp3) is 0.861. The highest BCUT2D eigenvalue weighted by atomic mass is 16.6. The van der Waals surface area contributed by atoms with Gasteiger partial charge >= 0.3 is 18.0 Å². The lowest BCUT2D eigenvalue weighted by Crippen LogP contribution is -2.71. The molecule has 4 rings (SSSR count). The van der Waals surface area contributed by atoms with E-state index in [9.17, 15) is 24.3 Å². The van der Waals surface area contributed by atoms with Gasteiger partial charge in [-0.25, -0.2) is 4.79 Å². The summed E-state index contributed by atoms with van der Waals surface area (Å²) < 4.78 is 16.4. The van der Waals surface area contributed by atoms with Gasteiger partial charge in [-0.1, -0.05) is 34.1 Å². The Balaban J connectivity index is 1.77. The van der Waals surface area contributed by atoms with E-state index in [2.05, 4.69) is 31.4 Å². The normalized spacial score (nSPS) is 37.7. The van der Waals surface area contributed by atoms with E-state index in [1.165, 1.54) is 14.0 Å². The van der Waals surface area contributed by atoms with Crippen LogP contribution in [-0.4, -0.2) is 72.3 Å². The average Bonchev–Trinajstić information content (AvgIpc) is 3.33. The molecule has 11 nitrogen and oxygen atoms in total. The smallest absolute Gasteiger partial charge is 0.408 e. The fourth-order valence-corrected chi connectivity index (χ4v) is 10.3. The molecule has 2 amide bonds. The van der Waals surface area contributed by atoms with E-state index in [4.69, 9.17) is 14.2 Å². The number of rotatable bonds is 9. The maximum Gasteiger partial charge on any atom is 0.408 e. The second-order valence-electron chi connectivity index (χ2n) is 16.5. The molecule has 4 fully saturated rings. The monoisotopic (exact) mass is 662 g/mol. The quantitative estimate of drug-likeness (QED) is 0.238. The molecule has 0 aliphatic heterocycles. The van der Waals surface area contributed by atoms with Gasteiger partial charge in [-0.2, -0.15) is 0 Å². The first-order chi connectivity index (χ1) is 21.9. The van der Waals surface area contributed by atoms with Crippen molar-refractivity contribution in [1.82, 2.24) is 10.6 Å². The molecule has 5 unspecified atom stereocenters. The van der Waals surface area contributed by atoms with Crippen LogP contribution in [0.2, 0.25) is 0 Å². The standard InChI is InChI=1S/C36H58N2O9/c1-19-14-15-35(7)22(16-19)17-26(46-21(3)40)28-24-12-11-23(20(2)10-13-27(41)45-9)36(24,8)31(42)30(29(28)35)38-32(43)25(18-39)37-33(44)47-34(4,5)6/h19-20,22-26,28-30,39H,10-18H2,1-9H3,(H,37,44)(H,38,43)/t19-,20-,22+,23?,24?,25?,26-,28?,29?,30+,35+,36-/m1/s1. The number of ketones is 1. The maximum atomic E-state index is 15.2. The average molecular weight is 663 g/mol. The van der Waals surface area contributed by atoms with Gasteiger partial charge in [0.2, 0.25) is 5.91 Å². The van der Waals surface area contributed by atoms with Gasteiger partial charge in [-0.3, -0.25) is 19.2 Å². The van der Waals surface area contributed by atoms with Crippen LogP contribution in [-0.2, 0) is 33.4 Å². The number of methoxy groups -OCH3 is 1. The third-order valence-electron chi connectivity index (χ3n) is 12.4. The summed E-state index contributed by atoms with van der Waals surface area (Å²) in [6.45, 7) is 14.4. The van der Waals surface area contributed by atoms with Crippen molar-refractivity contribution in [1.29, 1.82) is 0 Å². The lowest BCUT2D eigenvalue weighted by atomic mass is 9.41. The molecular weight excluding hydrogens is 604 g/mol. The van der Waals surface area contributed by atoms with Crippen molar-refractivity contribution < 1.29 is 43.3 Å². The van der Waals surface area contributed by atoms with Gasteiger partial charge in [0.15, 0.2) is 5.78 Å². The molecule has 0 aromatic carbocycles. The first-order valence-corrected chi connectivity index (χ1v) is 17.6. The molecule has 0 spiro atoms. The summed E-state index contributed by atoms with van der Waals surface area (Å²) in [6.07, 6.45) is 4.66.